The molecule has 0 spiro atoms. The Morgan fingerprint density at radius 3 is 2.35 bits per heavy atom. The van der Waals surface area contributed by atoms with E-state index in [4.69, 9.17) is 0 Å². The van der Waals surface area contributed by atoms with E-state index in [-0.39, 0.29) is 6.54 Å². The van der Waals surface area contributed by atoms with Crippen molar-refractivity contribution in [1.29, 1.82) is 0 Å². The summed E-state index contributed by atoms with van der Waals surface area (Å²) in [5.74, 6) is -1.24. The van der Waals surface area contributed by atoms with Crippen molar-refractivity contribution in [2.24, 2.45) is 0 Å². The average molecular weight is 352 g/mol. The van der Waals surface area contributed by atoms with E-state index in [1.54, 1.807) is 0 Å². The minimum atomic E-state index is -2.03. The largest absolute Gasteiger partial charge is 0.469 e. The highest BCUT2D eigenvalue weighted by Gasteiger charge is 2.46. The standard InChI is InChI=1S/C20H20N2O4/c1-26-19(24)13-20(25)18(23)12-17(16-10-6-3-7-11-16)21-22(20)14-15-8-4-2-5-9-15/h2-12,21,25H,13-14H2,1H3. The summed E-state index contributed by atoms with van der Waals surface area (Å²) in [7, 11) is 1.22. The van der Waals surface area contributed by atoms with Gasteiger partial charge < -0.3 is 15.3 Å². The topological polar surface area (TPSA) is 78.9 Å². The molecular formula is C20H20N2O4. The maximum Gasteiger partial charge on any atom is 0.310 e. The highest BCUT2D eigenvalue weighted by atomic mass is 16.5. The molecule has 0 aliphatic carbocycles. The van der Waals surface area contributed by atoms with Crippen LogP contribution in [0.5, 0.6) is 0 Å². The lowest BCUT2D eigenvalue weighted by Crippen LogP contribution is -2.62. The molecule has 0 saturated heterocycles. The van der Waals surface area contributed by atoms with Crippen molar-refractivity contribution in [2.75, 3.05) is 7.11 Å². The molecule has 6 heteroatoms. The van der Waals surface area contributed by atoms with Gasteiger partial charge in [0.1, 0.15) is 0 Å². The molecule has 6 nitrogen and oxygen atoms in total. The van der Waals surface area contributed by atoms with Crippen LogP contribution in [0.15, 0.2) is 66.7 Å². The van der Waals surface area contributed by atoms with Gasteiger partial charge in [-0.15, -0.1) is 0 Å². The fourth-order valence-electron chi connectivity index (χ4n) is 2.81. The smallest absolute Gasteiger partial charge is 0.310 e. The number of rotatable bonds is 5. The van der Waals surface area contributed by atoms with Crippen LogP contribution in [-0.2, 0) is 20.9 Å². The number of ether oxygens (including phenoxy) is 1. The molecule has 1 aliphatic heterocycles. The van der Waals surface area contributed by atoms with E-state index in [2.05, 4.69) is 10.2 Å². The predicted octanol–water partition coefficient (Wildman–Crippen LogP) is 1.87. The molecule has 0 aromatic heterocycles. The van der Waals surface area contributed by atoms with E-state index >= 15 is 0 Å². The molecule has 1 aliphatic rings. The number of carbonyl (C=O) groups is 2. The predicted molar refractivity (Wildman–Crippen MR) is 96.1 cm³/mol. The summed E-state index contributed by atoms with van der Waals surface area (Å²) in [5, 5.41) is 12.4. The molecule has 2 N–H and O–H groups in total. The van der Waals surface area contributed by atoms with Crippen LogP contribution in [-0.4, -0.2) is 34.7 Å². The Morgan fingerprint density at radius 1 is 1.12 bits per heavy atom. The molecule has 0 bridgehead atoms. The number of ketones is 1. The third kappa shape index (κ3) is 3.66. The molecule has 2 aromatic carbocycles. The van der Waals surface area contributed by atoms with Gasteiger partial charge in [-0.1, -0.05) is 60.7 Å². The Kier molecular flexibility index (Phi) is 5.16. The van der Waals surface area contributed by atoms with Crippen LogP contribution in [0.2, 0.25) is 0 Å². The Hall–Kier alpha value is -2.96. The summed E-state index contributed by atoms with van der Waals surface area (Å²) in [4.78, 5) is 24.5. The SMILES string of the molecule is COC(=O)CC1(O)C(=O)C=C(c2ccccc2)NN1Cc1ccccc1. The summed E-state index contributed by atoms with van der Waals surface area (Å²) >= 11 is 0. The number of hydrogen-bond acceptors (Lipinski definition) is 6. The third-order valence-corrected chi connectivity index (χ3v) is 4.26. The molecule has 1 heterocycles. The Morgan fingerprint density at radius 2 is 1.73 bits per heavy atom. The van der Waals surface area contributed by atoms with Crippen LogP contribution in [0, 0.1) is 0 Å². The lowest BCUT2D eigenvalue weighted by molar-refractivity contribution is -0.178. The van der Waals surface area contributed by atoms with E-state index in [1.807, 2.05) is 60.7 Å². The number of hydrogen-bond donors (Lipinski definition) is 2. The number of aliphatic hydroxyl groups is 1. The molecule has 0 fully saturated rings. The third-order valence-electron chi connectivity index (χ3n) is 4.26. The molecule has 134 valence electrons. The molecule has 1 atom stereocenters. The van der Waals surface area contributed by atoms with E-state index in [9.17, 15) is 14.7 Å². The zero-order valence-electron chi connectivity index (χ0n) is 14.4. The van der Waals surface area contributed by atoms with Gasteiger partial charge in [0.15, 0.2) is 0 Å². The van der Waals surface area contributed by atoms with Crippen LogP contribution < -0.4 is 5.43 Å². The van der Waals surface area contributed by atoms with Crippen molar-refractivity contribution in [1.82, 2.24) is 10.4 Å². The second-order valence-electron chi connectivity index (χ2n) is 6.04. The molecule has 26 heavy (non-hydrogen) atoms. The van der Waals surface area contributed by atoms with Gasteiger partial charge in [0, 0.05) is 12.6 Å². The molecule has 1 unspecified atom stereocenters. The first-order chi connectivity index (χ1) is 12.5. The van der Waals surface area contributed by atoms with E-state index in [0.29, 0.717) is 5.70 Å². The van der Waals surface area contributed by atoms with Gasteiger partial charge in [0.25, 0.3) is 0 Å². The second-order valence-corrected chi connectivity index (χ2v) is 6.04. The highest BCUT2D eigenvalue weighted by Crippen LogP contribution is 2.28. The quantitative estimate of drug-likeness (QED) is 0.800. The van der Waals surface area contributed by atoms with Crippen LogP contribution >= 0.6 is 0 Å². The first-order valence-electron chi connectivity index (χ1n) is 8.22. The fraction of sp³-hybridized carbons (Fsp3) is 0.200. The minimum absolute atomic E-state index is 0.226. The summed E-state index contributed by atoms with van der Waals surface area (Å²) in [5.41, 5.74) is 3.30. The first-order valence-corrected chi connectivity index (χ1v) is 8.22. The van der Waals surface area contributed by atoms with Crippen LogP contribution in [0.3, 0.4) is 0 Å². The van der Waals surface area contributed by atoms with Gasteiger partial charge >= 0.3 is 5.97 Å². The molecule has 2 aromatic rings. The van der Waals surface area contributed by atoms with Crippen molar-refractivity contribution in [3.05, 3.63) is 77.9 Å². The zero-order valence-corrected chi connectivity index (χ0v) is 14.4. The summed E-state index contributed by atoms with van der Waals surface area (Å²) in [6.07, 6.45) is 0.848. The van der Waals surface area contributed by atoms with Crippen LogP contribution in [0.4, 0.5) is 0 Å². The van der Waals surface area contributed by atoms with Crippen LogP contribution in [0.25, 0.3) is 5.70 Å². The van der Waals surface area contributed by atoms with E-state index in [0.717, 1.165) is 11.1 Å². The summed E-state index contributed by atoms with van der Waals surface area (Å²) < 4.78 is 4.65. The number of hydrazine groups is 1. The number of nitrogens with one attached hydrogen (secondary N) is 1. The molecule has 0 amide bonds. The van der Waals surface area contributed by atoms with Gasteiger partial charge in [0.05, 0.1) is 19.2 Å². The number of methoxy groups -OCH3 is 1. The average Bonchev–Trinajstić information content (AvgIpc) is 2.67. The highest BCUT2D eigenvalue weighted by molar-refractivity contribution is 6.04. The maximum absolute atomic E-state index is 12.7. The number of benzene rings is 2. The molecule has 3 rings (SSSR count). The second kappa shape index (κ2) is 7.51. The fourth-order valence-corrected chi connectivity index (χ4v) is 2.81. The molecule has 0 saturated carbocycles. The van der Waals surface area contributed by atoms with Crippen molar-refractivity contribution in [2.45, 2.75) is 18.7 Å². The van der Waals surface area contributed by atoms with Gasteiger partial charge in [0.2, 0.25) is 11.5 Å². The molecule has 0 radical (unpaired) electrons. The Bertz CT molecular complexity index is 820. The molecular weight excluding hydrogens is 332 g/mol. The minimum Gasteiger partial charge on any atom is -0.469 e. The Balaban J connectivity index is 1.96. The van der Waals surface area contributed by atoms with Crippen molar-refractivity contribution >= 4 is 17.4 Å². The van der Waals surface area contributed by atoms with Gasteiger partial charge in [-0.05, 0) is 11.1 Å². The van der Waals surface area contributed by atoms with E-state index in [1.165, 1.54) is 18.2 Å². The number of carbonyl (C=O) groups excluding carboxylic acids is 2. The van der Waals surface area contributed by atoms with Gasteiger partial charge in [-0.25, -0.2) is 0 Å². The summed E-state index contributed by atoms with van der Waals surface area (Å²) in [6.45, 7) is 0.226. The first kappa shape index (κ1) is 17.8. The normalized spacial score (nSPS) is 20.2. The van der Waals surface area contributed by atoms with Crippen molar-refractivity contribution in [3.8, 4) is 0 Å². The maximum atomic E-state index is 12.7. The number of esters is 1. The van der Waals surface area contributed by atoms with Crippen molar-refractivity contribution < 1.29 is 19.4 Å². The lowest BCUT2D eigenvalue weighted by atomic mass is 9.97. The Labute approximate surface area is 151 Å². The zero-order chi connectivity index (χ0) is 18.6. The summed E-state index contributed by atoms with van der Waals surface area (Å²) in [6, 6.07) is 18.7. The van der Waals surface area contributed by atoms with E-state index < -0.39 is 23.9 Å². The lowest BCUT2D eigenvalue weighted by Gasteiger charge is -2.41. The van der Waals surface area contributed by atoms with Crippen LogP contribution in [0.1, 0.15) is 17.5 Å². The number of nitrogens with zero attached hydrogens (tertiary/aromatic N) is 1. The van der Waals surface area contributed by atoms with Gasteiger partial charge in [-0.2, -0.15) is 5.01 Å². The van der Waals surface area contributed by atoms with Gasteiger partial charge in [-0.3, -0.25) is 9.59 Å². The van der Waals surface area contributed by atoms with Crippen molar-refractivity contribution in [3.63, 3.8) is 0 Å². The monoisotopic (exact) mass is 352 g/mol.